The van der Waals surface area contributed by atoms with Gasteiger partial charge in [0.15, 0.2) is 6.23 Å². The molecule has 88 valence electrons. The van der Waals surface area contributed by atoms with Crippen LogP contribution in [0, 0.1) is 0 Å². The second-order valence-electron chi connectivity index (χ2n) is 4.28. The molecule has 2 heterocycles. The van der Waals surface area contributed by atoms with Gasteiger partial charge in [0.05, 0.1) is 12.6 Å². The highest BCUT2D eigenvalue weighted by molar-refractivity contribution is 5.78. The second-order valence-corrected chi connectivity index (χ2v) is 4.28. The maximum absolute atomic E-state index is 11.6. The minimum absolute atomic E-state index is 0.0435. The number of amides is 2. The van der Waals surface area contributed by atoms with Crippen molar-refractivity contribution in [3.8, 4) is 0 Å². The summed E-state index contributed by atoms with van der Waals surface area (Å²) in [6, 6.07) is 10.1. The normalized spacial score (nSPS) is 26.1. The van der Waals surface area contributed by atoms with E-state index >= 15 is 0 Å². The highest BCUT2D eigenvalue weighted by Crippen LogP contribution is 2.18. The molecule has 2 bridgehead atoms. The Bertz CT molecular complexity index is 444. The minimum atomic E-state index is -0.242. The molecule has 1 fully saturated rings. The number of carbonyl (C=O) groups is 1. The third-order valence-corrected chi connectivity index (χ3v) is 3.04. The van der Waals surface area contributed by atoms with Crippen LogP contribution in [0.3, 0.4) is 0 Å². The van der Waals surface area contributed by atoms with E-state index in [1.54, 1.807) is 4.90 Å². The molecule has 17 heavy (non-hydrogen) atoms. The first-order valence-corrected chi connectivity index (χ1v) is 5.74. The fourth-order valence-electron chi connectivity index (χ4n) is 2.14. The summed E-state index contributed by atoms with van der Waals surface area (Å²) in [6.45, 7) is 1.22. The maximum atomic E-state index is 11.6. The Morgan fingerprint density at radius 1 is 1.29 bits per heavy atom. The number of fused-ring (bicyclic) bond motifs is 2. The van der Waals surface area contributed by atoms with Gasteiger partial charge in [0.25, 0.3) is 0 Å². The molecule has 0 spiro atoms. The molecule has 4 heteroatoms. The van der Waals surface area contributed by atoms with Crippen molar-refractivity contribution < 1.29 is 9.53 Å². The van der Waals surface area contributed by atoms with Crippen LogP contribution in [-0.2, 0) is 11.3 Å². The fraction of sp³-hybridized carbons (Fsp3) is 0.308. The van der Waals surface area contributed by atoms with Crippen LogP contribution in [0.4, 0.5) is 4.79 Å². The molecule has 1 aromatic carbocycles. The molecule has 0 aliphatic carbocycles. The number of nitrogens with zero attached hydrogens (tertiary/aromatic N) is 1. The van der Waals surface area contributed by atoms with Crippen LogP contribution >= 0.6 is 0 Å². The summed E-state index contributed by atoms with van der Waals surface area (Å²) in [5.41, 5.74) is 1.11. The lowest BCUT2D eigenvalue weighted by atomic mass is 10.2. The SMILES string of the molecule is O=C1NC2C=CC(OCc3ccccc3)N1C2. The Morgan fingerprint density at radius 2 is 2.12 bits per heavy atom. The van der Waals surface area contributed by atoms with Crippen molar-refractivity contribution >= 4 is 6.03 Å². The molecule has 0 aromatic heterocycles. The molecule has 3 rings (SSSR count). The lowest BCUT2D eigenvalue weighted by molar-refractivity contribution is -0.0116. The van der Waals surface area contributed by atoms with E-state index in [9.17, 15) is 4.79 Å². The van der Waals surface area contributed by atoms with Crippen LogP contribution in [0.15, 0.2) is 42.5 Å². The summed E-state index contributed by atoms with van der Waals surface area (Å²) in [5.74, 6) is 0. The predicted molar refractivity (Wildman–Crippen MR) is 63.2 cm³/mol. The van der Waals surface area contributed by atoms with E-state index in [1.165, 1.54) is 0 Å². The number of ether oxygens (including phenoxy) is 1. The summed E-state index contributed by atoms with van der Waals surface area (Å²) in [5, 5.41) is 2.86. The number of rotatable bonds is 3. The van der Waals surface area contributed by atoms with Gasteiger partial charge >= 0.3 is 6.03 Å². The zero-order chi connectivity index (χ0) is 11.7. The van der Waals surface area contributed by atoms with Crippen LogP contribution in [-0.4, -0.2) is 29.7 Å². The predicted octanol–water partition coefficient (Wildman–Crippen LogP) is 1.49. The first-order chi connectivity index (χ1) is 8.33. The number of nitrogens with one attached hydrogen (secondary N) is 1. The molecule has 2 atom stereocenters. The van der Waals surface area contributed by atoms with Gasteiger partial charge in [-0.05, 0) is 11.6 Å². The van der Waals surface area contributed by atoms with Crippen LogP contribution < -0.4 is 5.32 Å². The van der Waals surface area contributed by atoms with Gasteiger partial charge in [-0.3, -0.25) is 4.90 Å². The van der Waals surface area contributed by atoms with E-state index in [0.717, 1.165) is 5.56 Å². The monoisotopic (exact) mass is 230 g/mol. The molecule has 1 saturated heterocycles. The van der Waals surface area contributed by atoms with Gasteiger partial charge in [-0.15, -0.1) is 0 Å². The first kappa shape index (κ1) is 10.4. The zero-order valence-corrected chi connectivity index (χ0v) is 9.37. The third kappa shape index (κ3) is 2.03. The van der Waals surface area contributed by atoms with Gasteiger partial charge in [-0.2, -0.15) is 0 Å². The van der Waals surface area contributed by atoms with Gasteiger partial charge < -0.3 is 10.1 Å². The van der Waals surface area contributed by atoms with Crippen molar-refractivity contribution in [3.05, 3.63) is 48.0 Å². The van der Waals surface area contributed by atoms with E-state index in [1.807, 2.05) is 42.5 Å². The Balaban J connectivity index is 1.64. The van der Waals surface area contributed by atoms with E-state index in [-0.39, 0.29) is 18.3 Å². The van der Waals surface area contributed by atoms with Gasteiger partial charge in [0.1, 0.15) is 0 Å². The van der Waals surface area contributed by atoms with Gasteiger partial charge in [-0.25, -0.2) is 4.79 Å². The number of hydrogen-bond donors (Lipinski definition) is 1. The zero-order valence-electron chi connectivity index (χ0n) is 9.37. The molecule has 1 N–H and O–H groups in total. The van der Waals surface area contributed by atoms with Gasteiger partial charge in [0, 0.05) is 6.54 Å². The number of urea groups is 1. The van der Waals surface area contributed by atoms with Crippen molar-refractivity contribution in [1.29, 1.82) is 0 Å². The molecule has 1 aromatic rings. The summed E-state index contributed by atoms with van der Waals surface area (Å²) < 4.78 is 5.75. The standard InChI is InChI=1S/C13H14N2O2/c16-13-14-11-6-7-12(15(13)8-11)17-9-10-4-2-1-3-5-10/h1-7,11-12H,8-9H2,(H,14,16). The molecular weight excluding hydrogens is 216 g/mol. The number of carbonyl (C=O) groups excluding carboxylic acids is 1. The molecule has 4 nitrogen and oxygen atoms in total. The summed E-state index contributed by atoms with van der Waals surface area (Å²) >= 11 is 0. The highest BCUT2D eigenvalue weighted by Gasteiger charge is 2.35. The largest absolute Gasteiger partial charge is 0.350 e. The lowest BCUT2D eigenvalue weighted by Crippen LogP contribution is -2.39. The van der Waals surface area contributed by atoms with Crippen LogP contribution in [0.2, 0.25) is 0 Å². The van der Waals surface area contributed by atoms with Gasteiger partial charge in [0.2, 0.25) is 0 Å². The Kier molecular flexibility index (Phi) is 2.57. The number of hydrogen-bond acceptors (Lipinski definition) is 2. The van der Waals surface area contributed by atoms with Crippen molar-refractivity contribution in [2.75, 3.05) is 6.54 Å². The number of benzene rings is 1. The van der Waals surface area contributed by atoms with Gasteiger partial charge in [-0.1, -0.05) is 36.4 Å². The highest BCUT2D eigenvalue weighted by atomic mass is 16.5. The maximum Gasteiger partial charge on any atom is 0.320 e. The summed E-state index contributed by atoms with van der Waals surface area (Å²) in [7, 11) is 0. The Labute approximate surface area is 99.9 Å². The lowest BCUT2D eigenvalue weighted by Gasteiger charge is -2.26. The molecule has 2 aliphatic heterocycles. The quantitative estimate of drug-likeness (QED) is 0.799. The first-order valence-electron chi connectivity index (χ1n) is 5.74. The molecule has 2 aliphatic rings. The van der Waals surface area contributed by atoms with Crippen molar-refractivity contribution in [2.45, 2.75) is 18.9 Å². The van der Waals surface area contributed by atoms with E-state index in [2.05, 4.69) is 5.32 Å². The molecule has 0 radical (unpaired) electrons. The fourth-order valence-corrected chi connectivity index (χ4v) is 2.14. The van der Waals surface area contributed by atoms with Crippen molar-refractivity contribution in [2.24, 2.45) is 0 Å². The smallest absolute Gasteiger partial charge is 0.320 e. The van der Waals surface area contributed by atoms with E-state index in [0.29, 0.717) is 13.2 Å². The second kappa shape index (κ2) is 4.22. The van der Waals surface area contributed by atoms with E-state index in [4.69, 9.17) is 4.74 Å². The Morgan fingerprint density at radius 3 is 2.94 bits per heavy atom. The third-order valence-electron chi connectivity index (χ3n) is 3.04. The average Bonchev–Trinajstić information content (AvgIpc) is 2.66. The molecule has 0 saturated carbocycles. The molecule has 2 amide bonds. The van der Waals surface area contributed by atoms with E-state index < -0.39 is 0 Å². The van der Waals surface area contributed by atoms with Crippen molar-refractivity contribution in [3.63, 3.8) is 0 Å². The molecule has 2 unspecified atom stereocenters. The average molecular weight is 230 g/mol. The van der Waals surface area contributed by atoms with Crippen LogP contribution in [0.5, 0.6) is 0 Å². The Hall–Kier alpha value is -1.81. The minimum Gasteiger partial charge on any atom is -0.350 e. The topological polar surface area (TPSA) is 41.6 Å². The van der Waals surface area contributed by atoms with Crippen LogP contribution in [0.25, 0.3) is 0 Å². The van der Waals surface area contributed by atoms with Crippen LogP contribution in [0.1, 0.15) is 5.56 Å². The van der Waals surface area contributed by atoms with Crippen molar-refractivity contribution in [1.82, 2.24) is 10.2 Å². The summed E-state index contributed by atoms with van der Waals surface area (Å²) in [4.78, 5) is 13.3. The molecular formula is C13H14N2O2. The summed E-state index contributed by atoms with van der Waals surface area (Å²) in [6.07, 6.45) is 3.69.